The molecule has 0 saturated heterocycles. The summed E-state index contributed by atoms with van der Waals surface area (Å²) in [5.74, 6) is 0.845. The second kappa shape index (κ2) is 3.64. The van der Waals surface area contributed by atoms with Gasteiger partial charge in [0.15, 0.2) is 0 Å². The second-order valence-electron chi connectivity index (χ2n) is 2.27. The standard InChI is InChI=1S/C8H11NOS/c1-6-3-4-8(11-9)7(5-6)10-2/h3-5H,9H2,1-2H3. The van der Waals surface area contributed by atoms with E-state index in [9.17, 15) is 0 Å². The van der Waals surface area contributed by atoms with Gasteiger partial charge < -0.3 is 4.74 Å². The largest absolute Gasteiger partial charge is 0.496 e. The zero-order chi connectivity index (χ0) is 8.27. The Morgan fingerprint density at radius 2 is 2.18 bits per heavy atom. The van der Waals surface area contributed by atoms with E-state index in [-0.39, 0.29) is 0 Å². The summed E-state index contributed by atoms with van der Waals surface area (Å²) < 4.78 is 5.12. The molecule has 2 nitrogen and oxygen atoms in total. The molecule has 0 amide bonds. The maximum Gasteiger partial charge on any atom is 0.133 e. The third-order valence-corrected chi connectivity index (χ3v) is 2.04. The molecule has 11 heavy (non-hydrogen) atoms. The summed E-state index contributed by atoms with van der Waals surface area (Å²) in [5, 5.41) is 5.41. The highest BCUT2D eigenvalue weighted by molar-refractivity contribution is 7.97. The van der Waals surface area contributed by atoms with E-state index in [4.69, 9.17) is 9.88 Å². The molecular formula is C8H11NOS. The van der Waals surface area contributed by atoms with Crippen LogP contribution in [0.2, 0.25) is 0 Å². The van der Waals surface area contributed by atoms with E-state index in [1.54, 1.807) is 7.11 Å². The van der Waals surface area contributed by atoms with Crippen LogP contribution in [0.3, 0.4) is 0 Å². The lowest BCUT2D eigenvalue weighted by Crippen LogP contribution is -1.89. The van der Waals surface area contributed by atoms with Crippen molar-refractivity contribution in [3.8, 4) is 5.75 Å². The zero-order valence-electron chi connectivity index (χ0n) is 6.63. The van der Waals surface area contributed by atoms with Crippen molar-refractivity contribution in [2.24, 2.45) is 5.14 Å². The van der Waals surface area contributed by atoms with Gasteiger partial charge in [-0.15, -0.1) is 0 Å². The smallest absolute Gasteiger partial charge is 0.133 e. The summed E-state index contributed by atoms with van der Waals surface area (Å²) in [4.78, 5) is 0.970. The molecule has 0 unspecified atom stereocenters. The molecule has 3 heteroatoms. The van der Waals surface area contributed by atoms with Crippen molar-refractivity contribution in [2.45, 2.75) is 11.8 Å². The van der Waals surface area contributed by atoms with Crippen LogP contribution < -0.4 is 9.88 Å². The van der Waals surface area contributed by atoms with Crippen molar-refractivity contribution in [1.82, 2.24) is 0 Å². The molecule has 0 aliphatic heterocycles. The van der Waals surface area contributed by atoms with Crippen molar-refractivity contribution in [3.05, 3.63) is 23.8 Å². The van der Waals surface area contributed by atoms with Crippen LogP contribution in [0.5, 0.6) is 5.75 Å². The maximum atomic E-state index is 5.41. The summed E-state index contributed by atoms with van der Waals surface area (Å²) in [6.45, 7) is 2.02. The van der Waals surface area contributed by atoms with Crippen LogP contribution in [-0.2, 0) is 0 Å². The number of benzene rings is 1. The van der Waals surface area contributed by atoms with E-state index in [2.05, 4.69) is 0 Å². The van der Waals surface area contributed by atoms with Gasteiger partial charge in [0.1, 0.15) is 5.75 Å². The lowest BCUT2D eigenvalue weighted by atomic mass is 10.2. The molecule has 1 aromatic carbocycles. The molecule has 0 spiro atoms. The van der Waals surface area contributed by atoms with E-state index in [1.807, 2.05) is 25.1 Å². The first kappa shape index (κ1) is 8.43. The average Bonchev–Trinajstić information content (AvgIpc) is 2.04. The highest BCUT2D eigenvalue weighted by Gasteiger charge is 2.00. The van der Waals surface area contributed by atoms with Gasteiger partial charge in [-0.2, -0.15) is 0 Å². The van der Waals surface area contributed by atoms with Crippen LogP contribution in [0.1, 0.15) is 5.56 Å². The predicted octanol–water partition coefficient (Wildman–Crippen LogP) is 1.97. The number of rotatable bonds is 2. The van der Waals surface area contributed by atoms with Gasteiger partial charge in [0, 0.05) is 0 Å². The molecule has 1 rings (SSSR count). The lowest BCUT2D eigenvalue weighted by molar-refractivity contribution is 0.404. The Morgan fingerprint density at radius 3 is 2.73 bits per heavy atom. The van der Waals surface area contributed by atoms with Gasteiger partial charge in [-0.05, 0) is 36.6 Å². The van der Waals surface area contributed by atoms with Crippen LogP contribution in [-0.4, -0.2) is 7.11 Å². The van der Waals surface area contributed by atoms with Crippen molar-refractivity contribution in [2.75, 3.05) is 7.11 Å². The minimum atomic E-state index is 0.845. The monoisotopic (exact) mass is 169 g/mol. The predicted molar refractivity (Wildman–Crippen MR) is 47.8 cm³/mol. The number of methoxy groups -OCH3 is 1. The molecule has 1 aromatic rings. The van der Waals surface area contributed by atoms with Gasteiger partial charge >= 0.3 is 0 Å². The number of ether oxygens (including phenoxy) is 1. The van der Waals surface area contributed by atoms with Crippen molar-refractivity contribution < 1.29 is 4.74 Å². The molecule has 60 valence electrons. The first-order chi connectivity index (χ1) is 5.27. The Bertz CT molecular complexity index is 250. The van der Waals surface area contributed by atoms with Gasteiger partial charge in [0.05, 0.1) is 12.0 Å². The van der Waals surface area contributed by atoms with Gasteiger partial charge in [0.25, 0.3) is 0 Å². The van der Waals surface area contributed by atoms with Crippen LogP contribution in [0, 0.1) is 6.92 Å². The van der Waals surface area contributed by atoms with Crippen molar-refractivity contribution in [1.29, 1.82) is 0 Å². The van der Waals surface area contributed by atoms with Gasteiger partial charge in [-0.3, -0.25) is 5.14 Å². The van der Waals surface area contributed by atoms with Gasteiger partial charge in [-0.1, -0.05) is 6.07 Å². The summed E-state index contributed by atoms with van der Waals surface area (Å²) in [6.07, 6.45) is 0. The molecule has 0 aliphatic carbocycles. The van der Waals surface area contributed by atoms with Crippen LogP contribution in [0.25, 0.3) is 0 Å². The summed E-state index contributed by atoms with van der Waals surface area (Å²) in [7, 11) is 1.65. The highest BCUT2D eigenvalue weighted by Crippen LogP contribution is 2.26. The maximum absolute atomic E-state index is 5.41. The lowest BCUT2D eigenvalue weighted by Gasteiger charge is -2.05. The fraction of sp³-hybridized carbons (Fsp3) is 0.250. The van der Waals surface area contributed by atoms with E-state index in [0.717, 1.165) is 10.6 Å². The van der Waals surface area contributed by atoms with Crippen LogP contribution in [0.4, 0.5) is 0 Å². The van der Waals surface area contributed by atoms with E-state index < -0.39 is 0 Å². The molecule has 0 saturated carbocycles. The molecule has 0 atom stereocenters. The number of nitrogens with two attached hydrogens (primary N) is 1. The van der Waals surface area contributed by atoms with E-state index >= 15 is 0 Å². The SMILES string of the molecule is COc1cc(C)ccc1SN. The zero-order valence-corrected chi connectivity index (χ0v) is 7.44. The van der Waals surface area contributed by atoms with Crippen molar-refractivity contribution >= 4 is 11.9 Å². The Hall–Kier alpha value is -0.670. The Morgan fingerprint density at radius 1 is 1.45 bits per heavy atom. The fourth-order valence-corrected chi connectivity index (χ4v) is 1.28. The molecular weight excluding hydrogens is 158 g/mol. The Kier molecular flexibility index (Phi) is 2.79. The highest BCUT2D eigenvalue weighted by atomic mass is 32.2. The van der Waals surface area contributed by atoms with Gasteiger partial charge in [0.2, 0.25) is 0 Å². The van der Waals surface area contributed by atoms with E-state index in [1.165, 1.54) is 17.5 Å². The summed E-state index contributed by atoms with van der Waals surface area (Å²) >= 11 is 1.20. The molecule has 0 bridgehead atoms. The number of hydrogen-bond acceptors (Lipinski definition) is 3. The quantitative estimate of drug-likeness (QED) is 0.687. The minimum Gasteiger partial charge on any atom is -0.496 e. The third kappa shape index (κ3) is 1.88. The first-order valence-electron chi connectivity index (χ1n) is 3.29. The third-order valence-electron chi connectivity index (χ3n) is 1.45. The van der Waals surface area contributed by atoms with Crippen LogP contribution in [0.15, 0.2) is 23.1 Å². The summed E-state index contributed by atoms with van der Waals surface area (Å²) in [5.41, 5.74) is 1.18. The molecule has 0 heterocycles. The van der Waals surface area contributed by atoms with Crippen LogP contribution >= 0.6 is 11.9 Å². The number of aryl methyl sites for hydroxylation is 1. The van der Waals surface area contributed by atoms with E-state index in [0.29, 0.717) is 0 Å². The average molecular weight is 169 g/mol. The Labute approximate surface area is 70.9 Å². The molecule has 0 fully saturated rings. The molecule has 0 aliphatic rings. The molecule has 0 aromatic heterocycles. The minimum absolute atomic E-state index is 0.845. The number of hydrogen-bond donors (Lipinski definition) is 1. The Balaban J connectivity index is 3.06. The van der Waals surface area contributed by atoms with Gasteiger partial charge in [-0.25, -0.2) is 0 Å². The second-order valence-corrected chi connectivity index (χ2v) is 2.95. The summed E-state index contributed by atoms with van der Waals surface area (Å²) in [6, 6.07) is 5.94. The molecule has 2 N–H and O–H groups in total. The molecule has 0 radical (unpaired) electrons. The van der Waals surface area contributed by atoms with Crippen molar-refractivity contribution in [3.63, 3.8) is 0 Å². The first-order valence-corrected chi connectivity index (χ1v) is 4.17. The normalized spacial score (nSPS) is 9.73. The topological polar surface area (TPSA) is 35.2 Å². The fourth-order valence-electron chi connectivity index (χ4n) is 0.872.